The first-order valence-corrected chi connectivity index (χ1v) is 7.56. The fourth-order valence-corrected chi connectivity index (χ4v) is 4.33. The molecular formula is C18H24O2. The van der Waals surface area contributed by atoms with Crippen molar-refractivity contribution in [2.75, 3.05) is 27.4 Å². The molecule has 0 saturated heterocycles. The summed E-state index contributed by atoms with van der Waals surface area (Å²) < 4.78 is 11.1. The molecule has 2 heteroatoms. The molecule has 2 unspecified atom stereocenters. The van der Waals surface area contributed by atoms with Crippen molar-refractivity contribution in [2.24, 2.45) is 11.3 Å². The Labute approximate surface area is 121 Å². The third-order valence-corrected chi connectivity index (χ3v) is 5.11. The zero-order valence-corrected chi connectivity index (χ0v) is 12.5. The van der Waals surface area contributed by atoms with Crippen LogP contribution in [-0.4, -0.2) is 27.4 Å². The molecule has 1 saturated carbocycles. The van der Waals surface area contributed by atoms with Crippen molar-refractivity contribution in [1.29, 1.82) is 0 Å². The Kier molecular flexibility index (Phi) is 3.95. The van der Waals surface area contributed by atoms with E-state index in [2.05, 4.69) is 36.4 Å². The molecule has 20 heavy (non-hydrogen) atoms. The summed E-state index contributed by atoms with van der Waals surface area (Å²) in [5.74, 6) is 1.15. The molecule has 2 atom stereocenters. The van der Waals surface area contributed by atoms with Crippen LogP contribution in [0.15, 0.2) is 30.3 Å². The molecule has 1 aromatic carbocycles. The minimum atomic E-state index is 0.177. The highest BCUT2D eigenvalue weighted by Crippen LogP contribution is 2.53. The molecule has 1 fully saturated rings. The molecule has 0 amide bonds. The van der Waals surface area contributed by atoms with Crippen molar-refractivity contribution in [3.8, 4) is 0 Å². The van der Waals surface area contributed by atoms with Gasteiger partial charge in [0.15, 0.2) is 0 Å². The lowest BCUT2D eigenvalue weighted by Crippen LogP contribution is -2.37. The van der Waals surface area contributed by atoms with Gasteiger partial charge in [-0.1, -0.05) is 42.8 Å². The largest absolute Gasteiger partial charge is 0.384 e. The van der Waals surface area contributed by atoms with Gasteiger partial charge in [-0.25, -0.2) is 0 Å². The van der Waals surface area contributed by atoms with Crippen LogP contribution in [0.25, 0.3) is 6.08 Å². The summed E-state index contributed by atoms with van der Waals surface area (Å²) in [6.45, 7) is 1.61. The normalized spacial score (nSPS) is 26.9. The lowest BCUT2D eigenvalue weighted by atomic mass is 9.71. The zero-order chi connectivity index (χ0) is 14.0. The van der Waals surface area contributed by atoms with Crippen molar-refractivity contribution in [3.05, 3.63) is 41.5 Å². The molecule has 3 rings (SSSR count). The van der Waals surface area contributed by atoms with Crippen LogP contribution in [0.4, 0.5) is 0 Å². The van der Waals surface area contributed by atoms with Crippen molar-refractivity contribution >= 4 is 6.08 Å². The maximum absolute atomic E-state index is 5.56. The predicted octanol–water partition coefficient (Wildman–Crippen LogP) is 3.88. The third kappa shape index (κ3) is 2.21. The Morgan fingerprint density at radius 1 is 1.15 bits per heavy atom. The van der Waals surface area contributed by atoms with Crippen LogP contribution in [0.2, 0.25) is 0 Å². The highest BCUT2D eigenvalue weighted by Gasteiger charge is 2.47. The van der Waals surface area contributed by atoms with E-state index < -0.39 is 0 Å². The van der Waals surface area contributed by atoms with Gasteiger partial charge in [-0.05, 0) is 29.9 Å². The first-order chi connectivity index (χ1) is 9.80. The number of hydrogen-bond donors (Lipinski definition) is 0. The van der Waals surface area contributed by atoms with Gasteiger partial charge in [0.2, 0.25) is 0 Å². The van der Waals surface area contributed by atoms with Gasteiger partial charge in [0.1, 0.15) is 0 Å². The Bertz CT molecular complexity index is 486. The second kappa shape index (κ2) is 5.71. The van der Waals surface area contributed by atoms with Crippen LogP contribution in [0.1, 0.15) is 36.3 Å². The topological polar surface area (TPSA) is 18.5 Å². The Morgan fingerprint density at radius 2 is 1.90 bits per heavy atom. The summed E-state index contributed by atoms with van der Waals surface area (Å²) in [7, 11) is 3.62. The van der Waals surface area contributed by atoms with Crippen LogP contribution < -0.4 is 0 Å². The zero-order valence-electron chi connectivity index (χ0n) is 12.5. The van der Waals surface area contributed by atoms with Gasteiger partial charge in [0.05, 0.1) is 13.2 Å². The Morgan fingerprint density at radius 3 is 2.65 bits per heavy atom. The number of ether oxygens (including phenoxy) is 2. The molecule has 0 aromatic heterocycles. The van der Waals surface area contributed by atoms with Crippen molar-refractivity contribution < 1.29 is 9.47 Å². The molecular weight excluding hydrogens is 248 g/mol. The van der Waals surface area contributed by atoms with E-state index in [4.69, 9.17) is 9.47 Å². The van der Waals surface area contributed by atoms with Crippen LogP contribution in [0.3, 0.4) is 0 Å². The van der Waals surface area contributed by atoms with Gasteiger partial charge in [0, 0.05) is 25.6 Å². The second-order valence-electron chi connectivity index (χ2n) is 6.24. The summed E-state index contributed by atoms with van der Waals surface area (Å²) in [4.78, 5) is 0. The van der Waals surface area contributed by atoms with E-state index in [1.54, 1.807) is 0 Å². The minimum absolute atomic E-state index is 0.177. The van der Waals surface area contributed by atoms with Crippen molar-refractivity contribution in [3.63, 3.8) is 0 Å². The third-order valence-electron chi connectivity index (χ3n) is 5.11. The number of rotatable bonds is 5. The molecule has 0 bridgehead atoms. The van der Waals surface area contributed by atoms with Crippen LogP contribution in [-0.2, 0) is 9.47 Å². The van der Waals surface area contributed by atoms with E-state index in [0.717, 1.165) is 13.2 Å². The quantitative estimate of drug-likeness (QED) is 0.810. The Balaban J connectivity index is 1.91. The fourth-order valence-electron chi connectivity index (χ4n) is 4.33. The number of hydrogen-bond acceptors (Lipinski definition) is 2. The molecule has 0 aliphatic heterocycles. The summed E-state index contributed by atoms with van der Waals surface area (Å²) in [6, 6.07) is 8.78. The highest BCUT2D eigenvalue weighted by molar-refractivity contribution is 5.62. The van der Waals surface area contributed by atoms with Gasteiger partial charge in [-0.2, -0.15) is 0 Å². The minimum Gasteiger partial charge on any atom is -0.384 e. The van der Waals surface area contributed by atoms with E-state index in [1.807, 2.05) is 14.2 Å². The average molecular weight is 272 g/mol. The molecule has 1 aromatic rings. The number of allylic oxidation sites excluding steroid dienone is 1. The highest BCUT2D eigenvalue weighted by atomic mass is 16.5. The number of benzene rings is 1. The molecule has 0 heterocycles. The van der Waals surface area contributed by atoms with Gasteiger partial charge in [0.25, 0.3) is 0 Å². The standard InChI is InChI=1S/C18H24O2/c1-19-12-18(13-20-2)11-5-8-17(18)16-10-9-14-6-3-4-7-15(14)16/h3-4,6-7,9-10,16-17H,5,8,11-13H2,1-2H3. The maximum atomic E-state index is 5.56. The number of methoxy groups -OCH3 is 2. The summed E-state index contributed by atoms with van der Waals surface area (Å²) in [6.07, 6.45) is 8.44. The van der Waals surface area contributed by atoms with Crippen LogP contribution in [0, 0.1) is 11.3 Å². The van der Waals surface area contributed by atoms with Crippen LogP contribution >= 0.6 is 0 Å². The SMILES string of the molecule is COCC1(COC)CCCC1C1C=Cc2ccccc21. The smallest absolute Gasteiger partial charge is 0.0543 e. The predicted molar refractivity (Wildman–Crippen MR) is 81.7 cm³/mol. The van der Waals surface area contributed by atoms with E-state index in [-0.39, 0.29) is 5.41 Å². The van der Waals surface area contributed by atoms with E-state index in [1.165, 1.54) is 30.4 Å². The van der Waals surface area contributed by atoms with E-state index in [0.29, 0.717) is 11.8 Å². The summed E-state index contributed by atoms with van der Waals surface area (Å²) >= 11 is 0. The van der Waals surface area contributed by atoms with Gasteiger partial charge >= 0.3 is 0 Å². The lowest BCUT2D eigenvalue weighted by molar-refractivity contribution is -0.0185. The Hall–Kier alpha value is -1.12. The summed E-state index contributed by atoms with van der Waals surface area (Å²) in [5, 5.41) is 0. The fraction of sp³-hybridized carbons (Fsp3) is 0.556. The maximum Gasteiger partial charge on any atom is 0.0543 e. The van der Waals surface area contributed by atoms with E-state index >= 15 is 0 Å². The average Bonchev–Trinajstić information content (AvgIpc) is 3.03. The van der Waals surface area contributed by atoms with Gasteiger partial charge < -0.3 is 9.47 Å². The number of fused-ring (bicyclic) bond motifs is 1. The molecule has 0 radical (unpaired) electrons. The van der Waals surface area contributed by atoms with Gasteiger partial charge in [-0.3, -0.25) is 0 Å². The lowest BCUT2D eigenvalue weighted by Gasteiger charge is -2.37. The summed E-state index contributed by atoms with van der Waals surface area (Å²) in [5.41, 5.74) is 3.04. The van der Waals surface area contributed by atoms with Crippen LogP contribution in [0.5, 0.6) is 0 Å². The van der Waals surface area contributed by atoms with Gasteiger partial charge in [-0.15, -0.1) is 0 Å². The first-order valence-electron chi connectivity index (χ1n) is 7.56. The second-order valence-corrected chi connectivity index (χ2v) is 6.24. The van der Waals surface area contributed by atoms with E-state index in [9.17, 15) is 0 Å². The van der Waals surface area contributed by atoms with Crippen molar-refractivity contribution in [1.82, 2.24) is 0 Å². The molecule has 2 aliphatic carbocycles. The molecule has 0 spiro atoms. The van der Waals surface area contributed by atoms with Crippen molar-refractivity contribution in [2.45, 2.75) is 25.2 Å². The molecule has 2 nitrogen and oxygen atoms in total. The first kappa shape index (κ1) is 13.8. The molecule has 2 aliphatic rings. The molecule has 108 valence electrons. The molecule has 0 N–H and O–H groups in total. The monoisotopic (exact) mass is 272 g/mol.